The molecule has 2 rings (SSSR count). The van der Waals surface area contributed by atoms with Crippen molar-refractivity contribution in [3.8, 4) is 0 Å². The van der Waals surface area contributed by atoms with Gasteiger partial charge in [-0.05, 0) is 43.0 Å². The van der Waals surface area contributed by atoms with Crippen molar-refractivity contribution >= 4 is 11.7 Å². The number of nitrogens with one attached hydrogen (secondary N) is 2. The lowest BCUT2D eigenvalue weighted by Crippen LogP contribution is -2.33. The number of aromatic nitrogens is 1. The minimum Gasteiger partial charge on any atom is -0.393 e. The molecule has 0 aliphatic heterocycles. The Morgan fingerprint density at radius 1 is 1.20 bits per heavy atom. The Kier molecular flexibility index (Phi) is 6.77. The van der Waals surface area contributed by atoms with Crippen LogP contribution < -0.4 is 16.2 Å². The first-order valence-corrected chi connectivity index (χ1v) is 8.41. The number of hydrogen-bond donors (Lipinski definition) is 3. The van der Waals surface area contributed by atoms with Crippen LogP contribution in [-0.4, -0.2) is 28.4 Å². The summed E-state index contributed by atoms with van der Waals surface area (Å²) >= 11 is 0. The van der Waals surface area contributed by atoms with Crippen molar-refractivity contribution in [1.29, 1.82) is 0 Å². The molecule has 0 saturated carbocycles. The van der Waals surface area contributed by atoms with Gasteiger partial charge in [-0.1, -0.05) is 25.1 Å². The molecule has 134 valence electrons. The second-order valence-corrected chi connectivity index (χ2v) is 6.39. The Hall–Kier alpha value is -2.60. The van der Waals surface area contributed by atoms with E-state index in [1.54, 1.807) is 29.8 Å². The van der Waals surface area contributed by atoms with Crippen LogP contribution in [0.1, 0.15) is 25.8 Å². The minimum atomic E-state index is -0.377. The fourth-order valence-electron chi connectivity index (χ4n) is 2.64. The van der Waals surface area contributed by atoms with E-state index < -0.39 is 0 Å². The number of pyridine rings is 1. The summed E-state index contributed by atoms with van der Waals surface area (Å²) in [5, 5.41) is 14.9. The second kappa shape index (κ2) is 9.03. The van der Waals surface area contributed by atoms with Gasteiger partial charge in [0, 0.05) is 24.5 Å². The van der Waals surface area contributed by atoms with Crippen LogP contribution in [0.3, 0.4) is 0 Å². The highest BCUT2D eigenvalue weighted by Crippen LogP contribution is 2.11. The monoisotopic (exact) mass is 343 g/mol. The van der Waals surface area contributed by atoms with Gasteiger partial charge < -0.3 is 20.3 Å². The van der Waals surface area contributed by atoms with Crippen molar-refractivity contribution in [2.24, 2.45) is 5.92 Å². The second-order valence-electron chi connectivity index (χ2n) is 6.39. The Bertz CT molecular complexity index is 755. The van der Waals surface area contributed by atoms with Crippen molar-refractivity contribution < 1.29 is 9.90 Å². The smallest absolute Gasteiger partial charge is 0.319 e. The van der Waals surface area contributed by atoms with Crippen LogP contribution in [0.15, 0.2) is 53.5 Å². The Morgan fingerprint density at radius 3 is 2.72 bits per heavy atom. The average molecular weight is 343 g/mol. The molecule has 0 aliphatic carbocycles. The maximum atomic E-state index is 12.0. The SMILES string of the molecule is C[C@H](CNC(=O)Nc1cccc(Cn2ccccc2=O)c1)C[C@H](C)O. The molecule has 3 N–H and O–H groups in total. The van der Waals surface area contributed by atoms with Gasteiger partial charge in [0.25, 0.3) is 5.56 Å². The van der Waals surface area contributed by atoms with Crippen molar-refractivity contribution in [3.63, 3.8) is 0 Å². The van der Waals surface area contributed by atoms with Gasteiger partial charge in [0.05, 0.1) is 12.6 Å². The number of hydrogen-bond acceptors (Lipinski definition) is 3. The standard InChI is InChI=1S/C19H25N3O3/c1-14(10-15(2)23)12-20-19(25)21-17-7-5-6-16(11-17)13-22-9-4-3-8-18(22)24/h3-9,11,14-15,23H,10,12-13H2,1-2H3,(H2,20,21,25)/t14-,15-/m0/s1. The molecule has 1 aromatic heterocycles. The van der Waals surface area contributed by atoms with Crippen LogP contribution in [0.5, 0.6) is 0 Å². The minimum absolute atomic E-state index is 0.0642. The Morgan fingerprint density at radius 2 is 2.00 bits per heavy atom. The quantitative estimate of drug-likeness (QED) is 0.722. The highest BCUT2D eigenvalue weighted by atomic mass is 16.3. The van der Waals surface area contributed by atoms with Crippen LogP contribution in [0.25, 0.3) is 0 Å². The number of aliphatic hydroxyl groups excluding tert-OH is 1. The molecule has 0 radical (unpaired) electrons. The van der Waals surface area contributed by atoms with Crippen LogP contribution in [0.2, 0.25) is 0 Å². The van der Waals surface area contributed by atoms with Gasteiger partial charge in [0.15, 0.2) is 0 Å². The predicted octanol–water partition coefficient (Wildman–Crippen LogP) is 2.43. The summed E-state index contributed by atoms with van der Waals surface area (Å²) in [6, 6.07) is 12.2. The molecule has 1 heterocycles. The normalized spacial score (nSPS) is 13.1. The number of nitrogens with zero attached hydrogens (tertiary/aromatic N) is 1. The molecule has 2 aromatic rings. The highest BCUT2D eigenvalue weighted by Gasteiger charge is 2.08. The number of amides is 2. The summed E-state index contributed by atoms with van der Waals surface area (Å²) in [4.78, 5) is 23.8. The highest BCUT2D eigenvalue weighted by molar-refractivity contribution is 5.89. The van der Waals surface area contributed by atoms with Crippen molar-refractivity contribution in [2.75, 3.05) is 11.9 Å². The molecule has 2 amide bonds. The number of rotatable bonds is 7. The fraction of sp³-hybridized carbons (Fsp3) is 0.368. The topological polar surface area (TPSA) is 83.4 Å². The van der Waals surface area contributed by atoms with Gasteiger partial charge in [0.2, 0.25) is 0 Å². The molecule has 6 nitrogen and oxygen atoms in total. The van der Waals surface area contributed by atoms with E-state index in [4.69, 9.17) is 0 Å². The molecule has 0 saturated heterocycles. The first kappa shape index (κ1) is 18.7. The van der Waals surface area contributed by atoms with Gasteiger partial charge in [0.1, 0.15) is 0 Å². The van der Waals surface area contributed by atoms with E-state index in [2.05, 4.69) is 10.6 Å². The molecule has 0 unspecified atom stereocenters. The molecule has 0 fully saturated rings. The molecule has 2 atom stereocenters. The average Bonchev–Trinajstić information content (AvgIpc) is 2.55. The first-order chi connectivity index (χ1) is 11.9. The molecular weight excluding hydrogens is 318 g/mol. The predicted molar refractivity (Wildman–Crippen MR) is 98.7 cm³/mol. The number of aliphatic hydroxyl groups is 1. The van der Waals surface area contributed by atoms with Crippen molar-refractivity contribution in [1.82, 2.24) is 9.88 Å². The maximum absolute atomic E-state index is 12.0. The van der Waals surface area contributed by atoms with E-state index in [0.717, 1.165) is 5.56 Å². The third kappa shape index (κ3) is 6.43. The van der Waals surface area contributed by atoms with Gasteiger partial charge in [-0.15, -0.1) is 0 Å². The van der Waals surface area contributed by atoms with Crippen molar-refractivity contribution in [3.05, 3.63) is 64.6 Å². The largest absolute Gasteiger partial charge is 0.393 e. The van der Waals surface area contributed by atoms with E-state index in [1.807, 2.05) is 31.2 Å². The van der Waals surface area contributed by atoms with E-state index in [1.165, 1.54) is 6.07 Å². The van der Waals surface area contributed by atoms with Gasteiger partial charge in [-0.3, -0.25) is 4.79 Å². The molecule has 1 aromatic carbocycles. The molecule has 0 spiro atoms. The zero-order chi connectivity index (χ0) is 18.2. The third-order valence-electron chi connectivity index (χ3n) is 3.79. The van der Waals surface area contributed by atoms with E-state index in [0.29, 0.717) is 25.2 Å². The number of anilines is 1. The molecule has 25 heavy (non-hydrogen) atoms. The summed E-state index contributed by atoms with van der Waals surface area (Å²) < 4.78 is 1.61. The van der Waals surface area contributed by atoms with Crippen LogP contribution in [0, 0.1) is 5.92 Å². The third-order valence-corrected chi connectivity index (χ3v) is 3.79. The molecule has 0 bridgehead atoms. The van der Waals surface area contributed by atoms with E-state index in [9.17, 15) is 14.7 Å². The zero-order valence-electron chi connectivity index (χ0n) is 14.6. The summed E-state index contributed by atoms with van der Waals surface area (Å²) in [5.41, 5.74) is 1.53. The van der Waals surface area contributed by atoms with Crippen LogP contribution >= 0.6 is 0 Å². The Balaban J connectivity index is 1.91. The zero-order valence-corrected chi connectivity index (χ0v) is 14.6. The van der Waals surface area contributed by atoms with Crippen molar-refractivity contribution in [2.45, 2.75) is 32.9 Å². The number of urea groups is 1. The number of carbonyl (C=O) groups excluding carboxylic acids is 1. The lowest BCUT2D eigenvalue weighted by Gasteiger charge is -2.15. The summed E-state index contributed by atoms with van der Waals surface area (Å²) in [5.74, 6) is 0.196. The molecule has 6 heteroatoms. The fourth-order valence-corrected chi connectivity index (χ4v) is 2.64. The van der Waals surface area contributed by atoms with Crippen LogP contribution in [0.4, 0.5) is 10.5 Å². The number of carbonyl (C=O) groups is 1. The lowest BCUT2D eigenvalue weighted by atomic mass is 10.1. The van der Waals surface area contributed by atoms with Gasteiger partial charge in [-0.25, -0.2) is 4.79 Å². The molecule has 0 aliphatic rings. The summed E-state index contributed by atoms with van der Waals surface area (Å²) in [6.07, 6.45) is 2.00. The first-order valence-electron chi connectivity index (χ1n) is 8.41. The number of benzene rings is 1. The van der Waals surface area contributed by atoms with Gasteiger partial charge >= 0.3 is 6.03 Å². The Labute approximate surface area is 147 Å². The lowest BCUT2D eigenvalue weighted by molar-refractivity contribution is 0.163. The molecular formula is C19H25N3O3. The summed E-state index contributed by atoms with van der Waals surface area (Å²) in [6.45, 7) is 4.66. The summed E-state index contributed by atoms with van der Waals surface area (Å²) in [7, 11) is 0. The van der Waals surface area contributed by atoms with E-state index >= 15 is 0 Å². The van der Waals surface area contributed by atoms with Gasteiger partial charge in [-0.2, -0.15) is 0 Å². The van der Waals surface area contributed by atoms with E-state index in [-0.39, 0.29) is 23.6 Å². The van der Waals surface area contributed by atoms with Crippen LogP contribution in [-0.2, 0) is 6.54 Å². The maximum Gasteiger partial charge on any atom is 0.319 e.